The van der Waals surface area contributed by atoms with Gasteiger partial charge in [0, 0.05) is 12.8 Å². The highest BCUT2D eigenvalue weighted by Gasteiger charge is 2.56. The molecule has 1 saturated carbocycles. The van der Waals surface area contributed by atoms with E-state index in [4.69, 9.17) is 5.73 Å². The highest BCUT2D eigenvalue weighted by molar-refractivity contribution is 4.97. The molecule has 0 aromatic carbocycles. The van der Waals surface area contributed by atoms with Gasteiger partial charge in [0.15, 0.2) is 0 Å². The summed E-state index contributed by atoms with van der Waals surface area (Å²) in [4.78, 5) is 0. The van der Waals surface area contributed by atoms with Crippen molar-refractivity contribution in [3.8, 4) is 0 Å². The predicted octanol–water partition coefficient (Wildman–Crippen LogP) is 2.46. The molecule has 0 saturated heterocycles. The van der Waals surface area contributed by atoms with Crippen molar-refractivity contribution in [3.05, 3.63) is 0 Å². The molecule has 78 valence electrons. The van der Waals surface area contributed by atoms with E-state index < -0.39 is 43.3 Å². The largest absolute Gasteiger partial charge is 0.406 e. The zero-order chi connectivity index (χ0) is 10.3. The second-order valence-electron chi connectivity index (χ2n) is 3.51. The molecule has 0 amide bonds. The zero-order valence-corrected chi connectivity index (χ0v) is 6.80. The summed E-state index contributed by atoms with van der Waals surface area (Å²) in [7, 11) is 0. The third-order valence-electron chi connectivity index (χ3n) is 2.44. The molecule has 0 spiro atoms. The maximum absolute atomic E-state index is 12.5. The Morgan fingerprint density at radius 2 is 1.31 bits per heavy atom. The summed E-state index contributed by atoms with van der Waals surface area (Å²) < 4.78 is 61.6. The molecule has 0 aromatic rings. The van der Waals surface area contributed by atoms with Crippen LogP contribution in [0.1, 0.15) is 25.7 Å². The van der Waals surface area contributed by atoms with E-state index in [1.807, 2.05) is 0 Å². The Hall–Kier alpha value is -0.390. The number of rotatable bonds is 0. The average molecular weight is 203 g/mol. The molecular formula is C7H10F5N. The summed E-state index contributed by atoms with van der Waals surface area (Å²) in [6.45, 7) is 0. The lowest BCUT2D eigenvalue weighted by molar-refractivity contribution is -0.207. The standard InChI is InChI=1S/C7H10F5N/c8-6(9)3-1-5(13,2-4-6)7(10,11)12/h1-4,13H2. The summed E-state index contributed by atoms with van der Waals surface area (Å²) in [5.74, 6) is -2.98. The van der Waals surface area contributed by atoms with Gasteiger partial charge in [0.05, 0.1) is 0 Å². The molecule has 1 fully saturated rings. The topological polar surface area (TPSA) is 26.0 Å². The maximum Gasteiger partial charge on any atom is 0.406 e. The van der Waals surface area contributed by atoms with Crippen LogP contribution in [0.25, 0.3) is 0 Å². The highest BCUT2D eigenvalue weighted by Crippen LogP contribution is 2.44. The van der Waals surface area contributed by atoms with Gasteiger partial charge in [-0.15, -0.1) is 0 Å². The van der Waals surface area contributed by atoms with Gasteiger partial charge in [-0.3, -0.25) is 0 Å². The molecule has 0 aliphatic heterocycles. The van der Waals surface area contributed by atoms with Crippen LogP contribution in [0, 0.1) is 0 Å². The van der Waals surface area contributed by atoms with Crippen LogP contribution in [0.15, 0.2) is 0 Å². The number of hydrogen-bond acceptors (Lipinski definition) is 1. The van der Waals surface area contributed by atoms with Crippen molar-refractivity contribution in [1.82, 2.24) is 0 Å². The minimum atomic E-state index is -4.58. The van der Waals surface area contributed by atoms with E-state index in [0.29, 0.717) is 0 Å². The minimum absolute atomic E-state index is 0.691. The van der Waals surface area contributed by atoms with Crippen molar-refractivity contribution < 1.29 is 22.0 Å². The molecule has 13 heavy (non-hydrogen) atoms. The molecule has 1 aliphatic rings. The summed E-state index contributed by atoms with van der Waals surface area (Å²) in [5, 5.41) is 0. The van der Waals surface area contributed by atoms with Crippen molar-refractivity contribution in [2.24, 2.45) is 5.73 Å². The summed E-state index contributed by atoms with van der Waals surface area (Å²) >= 11 is 0. The quantitative estimate of drug-likeness (QED) is 0.601. The number of hydrogen-bond donors (Lipinski definition) is 1. The normalized spacial score (nSPS) is 27.2. The van der Waals surface area contributed by atoms with E-state index in [1.54, 1.807) is 0 Å². The fourth-order valence-electron chi connectivity index (χ4n) is 1.35. The fourth-order valence-corrected chi connectivity index (χ4v) is 1.35. The summed E-state index contributed by atoms with van der Waals surface area (Å²) in [6.07, 6.45) is -7.51. The van der Waals surface area contributed by atoms with E-state index >= 15 is 0 Å². The number of alkyl halides is 5. The Balaban J connectivity index is 2.68. The second-order valence-corrected chi connectivity index (χ2v) is 3.51. The van der Waals surface area contributed by atoms with Gasteiger partial charge in [-0.2, -0.15) is 13.2 Å². The lowest BCUT2D eigenvalue weighted by Crippen LogP contribution is -2.56. The van der Waals surface area contributed by atoms with Crippen LogP contribution in [-0.4, -0.2) is 17.6 Å². The van der Waals surface area contributed by atoms with Crippen LogP contribution in [0.5, 0.6) is 0 Å². The molecule has 0 bridgehead atoms. The molecule has 0 atom stereocenters. The van der Waals surface area contributed by atoms with Crippen LogP contribution in [-0.2, 0) is 0 Å². The van der Waals surface area contributed by atoms with E-state index in [0.717, 1.165) is 0 Å². The van der Waals surface area contributed by atoms with Gasteiger partial charge in [0.25, 0.3) is 0 Å². The molecule has 0 radical (unpaired) electrons. The molecule has 0 heterocycles. The molecule has 0 unspecified atom stereocenters. The third kappa shape index (κ3) is 2.10. The lowest BCUT2D eigenvalue weighted by Gasteiger charge is -2.38. The van der Waals surface area contributed by atoms with Crippen molar-refractivity contribution in [2.45, 2.75) is 43.3 Å². The van der Waals surface area contributed by atoms with Gasteiger partial charge in [-0.05, 0) is 12.8 Å². The molecule has 1 aliphatic carbocycles. The zero-order valence-electron chi connectivity index (χ0n) is 6.80. The Morgan fingerprint density at radius 3 is 1.62 bits per heavy atom. The monoisotopic (exact) mass is 203 g/mol. The summed E-state index contributed by atoms with van der Waals surface area (Å²) in [5.41, 5.74) is 2.59. The second kappa shape index (κ2) is 2.80. The van der Waals surface area contributed by atoms with Crippen molar-refractivity contribution in [3.63, 3.8) is 0 Å². The van der Waals surface area contributed by atoms with E-state index in [9.17, 15) is 22.0 Å². The van der Waals surface area contributed by atoms with Gasteiger partial charge in [-0.25, -0.2) is 8.78 Å². The van der Waals surface area contributed by atoms with Crippen LogP contribution >= 0.6 is 0 Å². The minimum Gasteiger partial charge on any atom is -0.318 e. The fraction of sp³-hybridized carbons (Fsp3) is 1.00. The van der Waals surface area contributed by atoms with Crippen molar-refractivity contribution >= 4 is 0 Å². The maximum atomic E-state index is 12.5. The van der Waals surface area contributed by atoms with Crippen LogP contribution in [0.3, 0.4) is 0 Å². The van der Waals surface area contributed by atoms with Crippen LogP contribution < -0.4 is 5.73 Å². The van der Waals surface area contributed by atoms with Crippen LogP contribution in [0.2, 0.25) is 0 Å². The lowest BCUT2D eigenvalue weighted by atomic mass is 9.80. The smallest absolute Gasteiger partial charge is 0.318 e. The van der Waals surface area contributed by atoms with Gasteiger partial charge >= 0.3 is 6.18 Å². The van der Waals surface area contributed by atoms with Crippen molar-refractivity contribution in [1.29, 1.82) is 0 Å². The number of halogens is 5. The molecule has 1 rings (SSSR count). The van der Waals surface area contributed by atoms with Crippen LogP contribution in [0.4, 0.5) is 22.0 Å². The first kappa shape index (κ1) is 10.7. The molecule has 2 N–H and O–H groups in total. The Bertz CT molecular complexity index is 188. The third-order valence-corrected chi connectivity index (χ3v) is 2.44. The first-order valence-corrected chi connectivity index (χ1v) is 3.90. The van der Waals surface area contributed by atoms with Gasteiger partial charge in [0.2, 0.25) is 5.92 Å². The first-order chi connectivity index (χ1) is 5.66. The van der Waals surface area contributed by atoms with Gasteiger partial charge in [-0.1, -0.05) is 0 Å². The Morgan fingerprint density at radius 1 is 0.923 bits per heavy atom. The Kier molecular flexibility index (Phi) is 2.30. The van der Waals surface area contributed by atoms with Crippen molar-refractivity contribution in [2.75, 3.05) is 0 Å². The predicted molar refractivity (Wildman–Crippen MR) is 36.4 cm³/mol. The molecule has 0 aromatic heterocycles. The summed E-state index contributed by atoms with van der Waals surface area (Å²) in [6, 6.07) is 0. The SMILES string of the molecule is NC1(C(F)(F)F)CCC(F)(F)CC1. The van der Waals surface area contributed by atoms with E-state index in [-0.39, 0.29) is 0 Å². The average Bonchev–Trinajstić information content (AvgIpc) is 1.94. The van der Waals surface area contributed by atoms with Gasteiger partial charge in [0.1, 0.15) is 5.54 Å². The van der Waals surface area contributed by atoms with Gasteiger partial charge < -0.3 is 5.73 Å². The molecule has 6 heteroatoms. The number of nitrogens with two attached hydrogens (primary N) is 1. The highest BCUT2D eigenvalue weighted by atomic mass is 19.4. The Labute approximate surface area is 72.1 Å². The van der Waals surface area contributed by atoms with E-state index in [1.165, 1.54) is 0 Å². The molecular weight excluding hydrogens is 193 g/mol. The van der Waals surface area contributed by atoms with E-state index in [2.05, 4.69) is 0 Å². The first-order valence-electron chi connectivity index (χ1n) is 3.90. The molecule has 1 nitrogen and oxygen atoms in total.